The molecule has 0 unspecified atom stereocenters. The average Bonchev–Trinajstić information content (AvgIpc) is 2.41. The van der Waals surface area contributed by atoms with Crippen molar-refractivity contribution in [2.24, 2.45) is 0 Å². The third kappa shape index (κ3) is 4.61. The molecule has 1 saturated carbocycles. The highest BCUT2D eigenvalue weighted by Crippen LogP contribution is 2.17. The number of carbonyl (C=O) groups is 1. The zero-order valence-electron chi connectivity index (χ0n) is 11.3. The Bertz CT molecular complexity index is 629. The minimum Gasteiger partial charge on any atom is -0.300 e. The number of Topliss-reactive ketones (excluding diaryl/α,β-unsaturated/α-hetero) is 1. The number of sulfonamides is 1. The molecule has 1 aliphatic rings. The Morgan fingerprint density at radius 1 is 1.19 bits per heavy atom. The first-order chi connectivity index (χ1) is 9.85. The largest absolute Gasteiger partial charge is 0.300 e. The van der Waals surface area contributed by atoms with E-state index in [1.165, 1.54) is 24.3 Å². The molecule has 1 N–H and O–H groups in total. The molecule has 0 radical (unpaired) electrons. The number of benzene rings is 1. The molecular weight excluding hydrogens is 296 g/mol. The molecule has 1 aromatic rings. The lowest BCUT2D eigenvalue weighted by molar-refractivity contribution is -0.384. The Labute approximate surface area is 122 Å². The Hall–Kier alpha value is -1.80. The fourth-order valence-corrected chi connectivity index (χ4v) is 3.74. The van der Waals surface area contributed by atoms with Crippen LogP contribution in [0, 0.1) is 10.1 Å². The number of rotatable bonds is 5. The molecule has 0 heterocycles. The number of nitro benzene ring substituents is 1. The third-order valence-corrected chi connectivity index (χ3v) is 4.80. The van der Waals surface area contributed by atoms with Crippen molar-refractivity contribution in [2.45, 2.75) is 37.5 Å². The quantitative estimate of drug-likeness (QED) is 0.655. The van der Waals surface area contributed by atoms with Gasteiger partial charge in [0.1, 0.15) is 5.78 Å². The summed E-state index contributed by atoms with van der Waals surface area (Å²) in [5.41, 5.74) is 0.412. The van der Waals surface area contributed by atoms with E-state index in [0.29, 0.717) is 31.2 Å². The lowest BCUT2D eigenvalue weighted by Gasteiger charge is -2.22. The second-order valence-electron chi connectivity index (χ2n) is 5.11. The predicted octanol–water partition coefficient (Wildman–Crippen LogP) is 1.53. The van der Waals surface area contributed by atoms with Gasteiger partial charge in [-0.2, -0.15) is 0 Å². The maximum Gasteiger partial charge on any atom is 0.269 e. The smallest absolute Gasteiger partial charge is 0.269 e. The van der Waals surface area contributed by atoms with Gasteiger partial charge in [0.15, 0.2) is 0 Å². The molecule has 0 spiro atoms. The van der Waals surface area contributed by atoms with Gasteiger partial charge in [0, 0.05) is 31.0 Å². The van der Waals surface area contributed by atoms with Crippen molar-refractivity contribution in [3.63, 3.8) is 0 Å². The number of hydrogen-bond acceptors (Lipinski definition) is 5. The van der Waals surface area contributed by atoms with E-state index in [1.54, 1.807) is 0 Å². The monoisotopic (exact) mass is 312 g/mol. The first-order valence-corrected chi connectivity index (χ1v) is 8.26. The van der Waals surface area contributed by atoms with Gasteiger partial charge in [-0.05, 0) is 18.4 Å². The van der Waals surface area contributed by atoms with E-state index in [9.17, 15) is 23.3 Å². The van der Waals surface area contributed by atoms with Gasteiger partial charge in [-0.15, -0.1) is 0 Å². The highest BCUT2D eigenvalue weighted by atomic mass is 32.2. The Morgan fingerprint density at radius 3 is 2.29 bits per heavy atom. The fourth-order valence-electron chi connectivity index (χ4n) is 2.29. The Morgan fingerprint density at radius 2 is 1.76 bits per heavy atom. The molecule has 0 bridgehead atoms. The van der Waals surface area contributed by atoms with E-state index < -0.39 is 14.9 Å². The molecule has 0 atom stereocenters. The molecule has 21 heavy (non-hydrogen) atoms. The second-order valence-corrected chi connectivity index (χ2v) is 6.87. The highest BCUT2D eigenvalue weighted by Gasteiger charge is 2.23. The summed E-state index contributed by atoms with van der Waals surface area (Å²) in [5, 5.41) is 10.5. The number of carbonyl (C=O) groups excluding carboxylic acids is 1. The van der Waals surface area contributed by atoms with Crippen molar-refractivity contribution in [3.8, 4) is 0 Å². The summed E-state index contributed by atoms with van der Waals surface area (Å²) in [7, 11) is -3.52. The van der Waals surface area contributed by atoms with Crippen LogP contribution in [0.3, 0.4) is 0 Å². The average molecular weight is 312 g/mol. The lowest BCUT2D eigenvalue weighted by Crippen LogP contribution is -2.38. The summed E-state index contributed by atoms with van der Waals surface area (Å²) in [4.78, 5) is 21.1. The zero-order chi connectivity index (χ0) is 15.5. The number of hydrogen-bond donors (Lipinski definition) is 1. The normalized spacial score (nSPS) is 16.9. The fraction of sp³-hybridized carbons (Fsp3) is 0.462. The summed E-state index contributed by atoms with van der Waals surface area (Å²) < 4.78 is 26.7. The van der Waals surface area contributed by atoms with Gasteiger partial charge in [-0.1, -0.05) is 12.1 Å². The molecule has 2 rings (SSSR count). The van der Waals surface area contributed by atoms with E-state index in [1.807, 2.05) is 0 Å². The summed E-state index contributed by atoms with van der Waals surface area (Å²) >= 11 is 0. The Balaban J connectivity index is 1.97. The van der Waals surface area contributed by atoms with E-state index in [-0.39, 0.29) is 23.3 Å². The van der Waals surface area contributed by atoms with Gasteiger partial charge in [0.05, 0.1) is 10.7 Å². The molecule has 114 valence electrons. The first kappa shape index (κ1) is 15.6. The predicted molar refractivity (Wildman–Crippen MR) is 76.1 cm³/mol. The van der Waals surface area contributed by atoms with E-state index in [0.717, 1.165) is 0 Å². The van der Waals surface area contributed by atoms with Crippen LogP contribution < -0.4 is 4.72 Å². The summed E-state index contributed by atoms with van der Waals surface area (Å²) in [6, 6.07) is 5.23. The molecule has 1 fully saturated rings. The second kappa shape index (κ2) is 6.31. The van der Waals surface area contributed by atoms with Crippen LogP contribution in [0.4, 0.5) is 5.69 Å². The Kier molecular flexibility index (Phi) is 4.69. The molecule has 8 heteroatoms. The van der Waals surface area contributed by atoms with Crippen molar-refractivity contribution >= 4 is 21.5 Å². The maximum atomic E-state index is 12.0. The minimum absolute atomic E-state index is 0.0742. The standard InChI is InChI=1S/C13H16N2O5S/c16-13-7-3-11(4-8-13)14-21(19,20)9-10-1-5-12(6-2-10)15(17)18/h1-2,5-6,11,14H,3-4,7-9H2. The summed E-state index contributed by atoms with van der Waals surface area (Å²) in [6.07, 6.45) is 1.87. The summed E-state index contributed by atoms with van der Waals surface area (Å²) in [5.74, 6) is -0.0593. The molecular formula is C13H16N2O5S. The van der Waals surface area contributed by atoms with Crippen LogP contribution in [-0.4, -0.2) is 25.2 Å². The number of nitrogens with zero attached hydrogens (tertiary/aromatic N) is 1. The van der Waals surface area contributed by atoms with Crippen molar-refractivity contribution < 1.29 is 18.1 Å². The van der Waals surface area contributed by atoms with Gasteiger partial charge in [0.2, 0.25) is 10.0 Å². The molecule has 0 aliphatic heterocycles. The van der Waals surface area contributed by atoms with Crippen LogP contribution in [-0.2, 0) is 20.6 Å². The topological polar surface area (TPSA) is 106 Å². The van der Waals surface area contributed by atoms with Gasteiger partial charge in [-0.3, -0.25) is 14.9 Å². The third-order valence-electron chi connectivity index (χ3n) is 3.39. The van der Waals surface area contributed by atoms with Gasteiger partial charge in [-0.25, -0.2) is 13.1 Å². The maximum absolute atomic E-state index is 12.0. The van der Waals surface area contributed by atoms with Crippen LogP contribution in [0.25, 0.3) is 0 Å². The molecule has 0 aromatic heterocycles. The van der Waals surface area contributed by atoms with Gasteiger partial charge >= 0.3 is 0 Å². The molecule has 1 aliphatic carbocycles. The molecule has 0 saturated heterocycles. The molecule has 7 nitrogen and oxygen atoms in total. The van der Waals surface area contributed by atoms with Crippen molar-refractivity contribution in [1.82, 2.24) is 4.72 Å². The van der Waals surface area contributed by atoms with E-state index in [4.69, 9.17) is 0 Å². The van der Waals surface area contributed by atoms with Gasteiger partial charge < -0.3 is 0 Å². The van der Waals surface area contributed by atoms with E-state index >= 15 is 0 Å². The number of ketones is 1. The summed E-state index contributed by atoms with van der Waals surface area (Å²) in [6.45, 7) is 0. The lowest BCUT2D eigenvalue weighted by atomic mass is 9.95. The van der Waals surface area contributed by atoms with Crippen LogP contribution in [0.2, 0.25) is 0 Å². The first-order valence-electron chi connectivity index (χ1n) is 6.61. The van der Waals surface area contributed by atoms with Crippen molar-refractivity contribution in [2.75, 3.05) is 0 Å². The number of nitro groups is 1. The molecule has 1 aromatic carbocycles. The minimum atomic E-state index is -3.52. The zero-order valence-corrected chi connectivity index (χ0v) is 12.1. The number of non-ortho nitro benzene ring substituents is 1. The highest BCUT2D eigenvalue weighted by molar-refractivity contribution is 7.88. The SMILES string of the molecule is O=C1CCC(NS(=O)(=O)Cc2ccc([N+](=O)[O-])cc2)CC1. The number of nitrogens with one attached hydrogen (secondary N) is 1. The van der Waals surface area contributed by atoms with Crippen molar-refractivity contribution in [1.29, 1.82) is 0 Å². The molecule has 0 amide bonds. The van der Waals surface area contributed by atoms with Crippen molar-refractivity contribution in [3.05, 3.63) is 39.9 Å². The van der Waals surface area contributed by atoms with E-state index in [2.05, 4.69) is 4.72 Å². The van der Waals surface area contributed by atoms with Crippen LogP contribution in [0.1, 0.15) is 31.2 Å². The van der Waals surface area contributed by atoms with Gasteiger partial charge in [0.25, 0.3) is 5.69 Å². The van der Waals surface area contributed by atoms with Crippen LogP contribution in [0.15, 0.2) is 24.3 Å². The van der Waals surface area contributed by atoms with Crippen LogP contribution in [0.5, 0.6) is 0 Å². The van der Waals surface area contributed by atoms with Crippen LogP contribution >= 0.6 is 0 Å².